The molecule has 0 spiro atoms. The van der Waals surface area contributed by atoms with Gasteiger partial charge in [0, 0.05) is 37.6 Å². The van der Waals surface area contributed by atoms with Crippen LogP contribution in [0.5, 0.6) is 5.88 Å². The maximum atomic E-state index is 14.5. The van der Waals surface area contributed by atoms with Crippen LogP contribution in [0.2, 0.25) is 0 Å². The van der Waals surface area contributed by atoms with E-state index in [4.69, 9.17) is 4.74 Å². The lowest BCUT2D eigenvalue weighted by Gasteiger charge is -2.23. The van der Waals surface area contributed by atoms with Gasteiger partial charge in [0.05, 0.1) is 35.9 Å². The predicted molar refractivity (Wildman–Crippen MR) is 128 cm³/mol. The summed E-state index contributed by atoms with van der Waals surface area (Å²) in [6.45, 7) is 3.54. The second-order valence-corrected chi connectivity index (χ2v) is 8.74. The van der Waals surface area contributed by atoms with E-state index in [0.717, 1.165) is 25.2 Å². The molecule has 34 heavy (non-hydrogen) atoms. The van der Waals surface area contributed by atoms with Gasteiger partial charge in [-0.3, -0.25) is 4.79 Å². The summed E-state index contributed by atoms with van der Waals surface area (Å²) in [5.74, 6) is -0.619. The topological polar surface area (TPSA) is 87.9 Å². The van der Waals surface area contributed by atoms with E-state index in [9.17, 15) is 9.18 Å². The minimum absolute atomic E-state index is 0.211. The van der Waals surface area contributed by atoms with Crippen LogP contribution in [-0.4, -0.2) is 70.5 Å². The Labute approximate surface area is 196 Å². The molecule has 0 saturated carbocycles. The van der Waals surface area contributed by atoms with E-state index >= 15 is 0 Å². The largest absolute Gasteiger partial charge is 0.480 e. The zero-order valence-corrected chi connectivity index (χ0v) is 19.5. The van der Waals surface area contributed by atoms with Crippen molar-refractivity contribution in [2.75, 3.05) is 44.5 Å². The lowest BCUT2D eigenvalue weighted by Crippen LogP contribution is -2.31. The van der Waals surface area contributed by atoms with Crippen molar-refractivity contribution < 1.29 is 13.9 Å². The summed E-state index contributed by atoms with van der Waals surface area (Å²) < 4.78 is 21.3. The van der Waals surface area contributed by atoms with Gasteiger partial charge in [-0.15, -0.1) is 0 Å². The lowest BCUT2D eigenvalue weighted by atomic mass is 10.1. The number of carbonyl (C=O) groups is 1. The summed E-state index contributed by atoms with van der Waals surface area (Å²) in [4.78, 5) is 31.0. The van der Waals surface area contributed by atoms with Crippen LogP contribution >= 0.6 is 0 Å². The van der Waals surface area contributed by atoms with Gasteiger partial charge in [0.25, 0.3) is 5.91 Å². The quantitative estimate of drug-likeness (QED) is 0.487. The van der Waals surface area contributed by atoms with Crippen LogP contribution in [-0.2, 0) is 0 Å². The van der Waals surface area contributed by atoms with Crippen molar-refractivity contribution in [3.05, 3.63) is 53.9 Å². The molecule has 5 rings (SSSR count). The summed E-state index contributed by atoms with van der Waals surface area (Å²) in [5.41, 5.74) is 3.52. The first-order valence-electron chi connectivity index (χ1n) is 11.1. The van der Waals surface area contributed by atoms with Crippen molar-refractivity contribution in [1.29, 1.82) is 0 Å². The van der Waals surface area contributed by atoms with Crippen LogP contribution in [0.3, 0.4) is 0 Å². The fraction of sp³-hybridized carbons (Fsp3) is 0.333. The van der Waals surface area contributed by atoms with Crippen molar-refractivity contribution in [3.63, 3.8) is 0 Å². The molecule has 176 valence electrons. The SMILES string of the molecule is COc1cnc2c(N3CC[C@@H](N(C)C)C3)ccc(C(=O)Nc3cc(F)c4nc(C)cn4c3)c2n1. The van der Waals surface area contributed by atoms with Crippen molar-refractivity contribution >= 4 is 34.0 Å². The van der Waals surface area contributed by atoms with E-state index in [0.29, 0.717) is 39.9 Å². The number of ether oxygens (including phenoxy) is 1. The number of halogens is 1. The summed E-state index contributed by atoms with van der Waals surface area (Å²) in [6.07, 6.45) is 5.93. The van der Waals surface area contributed by atoms with Gasteiger partial charge in [-0.1, -0.05) is 0 Å². The molecule has 1 atom stereocenters. The molecule has 0 bridgehead atoms. The molecule has 1 saturated heterocycles. The first-order chi connectivity index (χ1) is 16.3. The number of nitrogens with zero attached hydrogens (tertiary/aromatic N) is 6. The molecule has 1 aliphatic rings. The Morgan fingerprint density at radius 3 is 2.79 bits per heavy atom. The van der Waals surface area contributed by atoms with Crippen LogP contribution in [0.1, 0.15) is 22.5 Å². The van der Waals surface area contributed by atoms with E-state index in [-0.39, 0.29) is 5.65 Å². The van der Waals surface area contributed by atoms with E-state index in [1.165, 1.54) is 13.2 Å². The molecule has 1 aromatic carbocycles. The highest BCUT2D eigenvalue weighted by atomic mass is 19.1. The summed E-state index contributed by atoms with van der Waals surface area (Å²) in [7, 11) is 5.66. The molecular weight excluding hydrogens is 437 g/mol. The fourth-order valence-corrected chi connectivity index (χ4v) is 4.43. The van der Waals surface area contributed by atoms with Crippen molar-refractivity contribution in [2.45, 2.75) is 19.4 Å². The number of amides is 1. The zero-order valence-electron chi connectivity index (χ0n) is 19.5. The molecule has 9 nitrogen and oxygen atoms in total. The second-order valence-electron chi connectivity index (χ2n) is 8.74. The van der Waals surface area contributed by atoms with E-state index in [1.54, 1.807) is 36.0 Å². The standard InChI is InChI=1S/C24H26FN7O2/c1-14-11-32-12-15(9-18(25)23(32)27-14)28-24(33)17-5-6-19(31-8-7-16(13-31)30(2)3)22-21(17)29-20(34-4)10-26-22/h5-6,9-12,16H,7-8,13H2,1-4H3,(H,28,33)/t16-/m1/s1. The highest BCUT2D eigenvalue weighted by Crippen LogP contribution is 2.31. The second kappa shape index (κ2) is 8.53. The summed E-state index contributed by atoms with van der Waals surface area (Å²) in [6, 6.07) is 5.34. The average molecular weight is 464 g/mol. The molecule has 3 aromatic heterocycles. The van der Waals surface area contributed by atoms with Gasteiger partial charge in [-0.25, -0.2) is 19.3 Å². The Morgan fingerprint density at radius 1 is 1.24 bits per heavy atom. The Morgan fingerprint density at radius 2 is 2.06 bits per heavy atom. The highest BCUT2D eigenvalue weighted by Gasteiger charge is 2.27. The van der Waals surface area contributed by atoms with Gasteiger partial charge in [-0.2, -0.15) is 0 Å². The van der Waals surface area contributed by atoms with Crippen LogP contribution < -0.4 is 15.0 Å². The number of hydrogen-bond donors (Lipinski definition) is 1. The van der Waals surface area contributed by atoms with Crippen molar-refractivity contribution in [1.82, 2.24) is 24.3 Å². The van der Waals surface area contributed by atoms with Crippen LogP contribution in [0.25, 0.3) is 16.7 Å². The predicted octanol–water partition coefficient (Wildman–Crippen LogP) is 3.13. The molecular formula is C24H26FN7O2. The van der Waals surface area contributed by atoms with E-state index < -0.39 is 11.7 Å². The van der Waals surface area contributed by atoms with Gasteiger partial charge in [0.2, 0.25) is 5.88 Å². The van der Waals surface area contributed by atoms with Gasteiger partial charge in [0.1, 0.15) is 11.0 Å². The lowest BCUT2D eigenvalue weighted by molar-refractivity contribution is 0.102. The summed E-state index contributed by atoms with van der Waals surface area (Å²) >= 11 is 0. The van der Waals surface area contributed by atoms with Gasteiger partial charge in [0.15, 0.2) is 11.5 Å². The van der Waals surface area contributed by atoms with Crippen LogP contribution in [0.15, 0.2) is 36.8 Å². The highest BCUT2D eigenvalue weighted by molar-refractivity contribution is 6.13. The molecule has 1 N–H and O–H groups in total. The monoisotopic (exact) mass is 463 g/mol. The molecule has 4 heterocycles. The van der Waals surface area contributed by atoms with E-state index in [1.807, 2.05) is 6.07 Å². The molecule has 1 aliphatic heterocycles. The average Bonchev–Trinajstić information content (AvgIpc) is 3.45. The number of fused-ring (bicyclic) bond motifs is 2. The zero-order chi connectivity index (χ0) is 24.0. The van der Waals surface area contributed by atoms with E-state index in [2.05, 4.69) is 44.2 Å². The Kier molecular flexibility index (Phi) is 5.52. The Hall–Kier alpha value is -3.79. The number of aryl methyl sites for hydroxylation is 1. The minimum Gasteiger partial charge on any atom is -0.480 e. The number of hydrogen-bond acceptors (Lipinski definition) is 7. The van der Waals surface area contributed by atoms with Crippen molar-refractivity contribution in [2.24, 2.45) is 0 Å². The third kappa shape index (κ3) is 3.90. The molecule has 10 heteroatoms. The van der Waals surface area contributed by atoms with Gasteiger partial charge < -0.3 is 24.3 Å². The van der Waals surface area contributed by atoms with Gasteiger partial charge in [-0.05, 0) is 39.6 Å². The normalized spacial score (nSPS) is 16.1. The molecule has 0 unspecified atom stereocenters. The molecule has 0 aliphatic carbocycles. The Bertz CT molecular complexity index is 1400. The minimum atomic E-state index is -0.517. The van der Waals surface area contributed by atoms with Gasteiger partial charge >= 0.3 is 0 Å². The number of aromatic nitrogens is 4. The van der Waals surface area contributed by atoms with Crippen LogP contribution in [0, 0.1) is 12.7 Å². The van der Waals surface area contributed by atoms with Crippen molar-refractivity contribution in [3.8, 4) is 5.88 Å². The third-order valence-corrected chi connectivity index (χ3v) is 6.23. The molecule has 0 radical (unpaired) electrons. The molecule has 1 amide bonds. The van der Waals surface area contributed by atoms with Crippen LogP contribution in [0.4, 0.5) is 15.8 Å². The number of rotatable bonds is 5. The molecule has 1 fully saturated rings. The maximum absolute atomic E-state index is 14.5. The number of methoxy groups -OCH3 is 1. The Balaban J connectivity index is 1.52. The number of carbonyl (C=O) groups excluding carboxylic acids is 1. The fourth-order valence-electron chi connectivity index (χ4n) is 4.43. The smallest absolute Gasteiger partial charge is 0.257 e. The first-order valence-corrected chi connectivity index (χ1v) is 11.1. The number of likely N-dealkylation sites (N-methyl/N-ethyl adjacent to an activating group) is 1. The molecule has 4 aromatic rings. The third-order valence-electron chi connectivity index (χ3n) is 6.23. The number of anilines is 2. The number of pyridine rings is 1. The number of benzene rings is 1. The first kappa shape index (κ1) is 22.0. The summed E-state index contributed by atoms with van der Waals surface area (Å²) in [5, 5.41) is 2.78. The number of nitrogens with one attached hydrogen (secondary N) is 1. The maximum Gasteiger partial charge on any atom is 0.257 e. The number of imidazole rings is 1.